The van der Waals surface area contributed by atoms with Crippen molar-refractivity contribution in [1.82, 2.24) is 0 Å². The number of carbonyl (C=O) groups is 1. The Morgan fingerprint density at radius 2 is 1.86 bits per heavy atom. The van der Waals surface area contributed by atoms with E-state index in [4.69, 9.17) is 9.47 Å². The smallest absolute Gasteiger partial charge is 0.193 e. The van der Waals surface area contributed by atoms with Gasteiger partial charge in [-0.15, -0.1) is 0 Å². The second kappa shape index (κ2) is 9.46. The van der Waals surface area contributed by atoms with E-state index in [1.54, 1.807) is 12.1 Å². The maximum absolute atomic E-state index is 13.0. The van der Waals surface area contributed by atoms with Gasteiger partial charge in [-0.25, -0.2) is 0 Å². The van der Waals surface area contributed by atoms with Crippen molar-refractivity contribution < 1.29 is 24.5 Å². The maximum atomic E-state index is 13.0. The Kier molecular flexibility index (Phi) is 6.98. The number of carbonyl (C=O) groups excluding carboxylic acids is 1. The summed E-state index contributed by atoms with van der Waals surface area (Å²) in [6, 6.07) is 9.15. The van der Waals surface area contributed by atoms with Crippen molar-refractivity contribution >= 4 is 27.8 Å². The number of phenols is 1. The first-order valence-corrected chi connectivity index (χ1v) is 10.4. The van der Waals surface area contributed by atoms with Gasteiger partial charge in [-0.1, -0.05) is 47.0 Å². The molecule has 2 N–H and O–H groups in total. The number of benzene rings is 2. The minimum Gasteiger partial charge on any atom is -0.507 e. The van der Waals surface area contributed by atoms with Crippen LogP contribution in [0.3, 0.4) is 0 Å². The number of methoxy groups -OCH3 is 2. The topological polar surface area (TPSA) is 76.0 Å². The predicted molar refractivity (Wildman–Crippen MR) is 116 cm³/mol. The van der Waals surface area contributed by atoms with Crippen molar-refractivity contribution in [2.45, 2.75) is 37.7 Å². The molecular weight excluding hydrogens is 436 g/mol. The Bertz CT molecular complexity index is 922. The molecule has 2 unspecified atom stereocenters. The van der Waals surface area contributed by atoms with E-state index in [2.05, 4.69) is 15.9 Å². The van der Waals surface area contributed by atoms with Crippen molar-refractivity contribution in [3.05, 3.63) is 57.6 Å². The van der Waals surface area contributed by atoms with Gasteiger partial charge in [0, 0.05) is 22.0 Å². The Morgan fingerprint density at radius 1 is 1.14 bits per heavy atom. The molecule has 1 aliphatic carbocycles. The highest BCUT2D eigenvalue weighted by Crippen LogP contribution is 2.47. The molecule has 0 amide bonds. The van der Waals surface area contributed by atoms with E-state index in [1.807, 2.05) is 24.3 Å². The molecule has 0 radical (unpaired) electrons. The van der Waals surface area contributed by atoms with E-state index < -0.39 is 6.10 Å². The Labute approximate surface area is 179 Å². The average Bonchev–Trinajstić information content (AvgIpc) is 2.72. The largest absolute Gasteiger partial charge is 0.507 e. The number of allylic oxidation sites excluding steroid dienone is 1. The molecule has 0 saturated heterocycles. The predicted octanol–water partition coefficient (Wildman–Crippen LogP) is 5.09. The molecule has 6 heteroatoms. The summed E-state index contributed by atoms with van der Waals surface area (Å²) in [6.07, 6.45) is 5.78. The minimum absolute atomic E-state index is 0.0762. The number of ether oxygens (including phenoxy) is 2. The summed E-state index contributed by atoms with van der Waals surface area (Å²) < 4.78 is 11.7. The third-order valence-electron chi connectivity index (χ3n) is 5.33. The molecule has 29 heavy (non-hydrogen) atoms. The van der Waals surface area contributed by atoms with E-state index in [-0.39, 0.29) is 28.8 Å². The number of rotatable bonds is 6. The monoisotopic (exact) mass is 460 g/mol. The summed E-state index contributed by atoms with van der Waals surface area (Å²) in [5, 5.41) is 21.6. The molecule has 2 aromatic rings. The number of hydrogen-bond acceptors (Lipinski definition) is 5. The van der Waals surface area contributed by atoms with Gasteiger partial charge in [-0.2, -0.15) is 0 Å². The highest BCUT2D eigenvalue weighted by atomic mass is 79.9. The fourth-order valence-corrected chi connectivity index (χ4v) is 4.29. The second-order valence-electron chi connectivity index (χ2n) is 7.13. The van der Waals surface area contributed by atoms with E-state index in [1.165, 1.54) is 20.3 Å². The third kappa shape index (κ3) is 4.65. The Morgan fingerprint density at radius 3 is 2.52 bits per heavy atom. The summed E-state index contributed by atoms with van der Waals surface area (Å²) in [5.74, 6) is -0.204. The van der Waals surface area contributed by atoms with Gasteiger partial charge in [-0.3, -0.25) is 4.79 Å². The molecule has 1 fully saturated rings. The van der Waals surface area contributed by atoms with Crippen LogP contribution in [0.4, 0.5) is 0 Å². The minimum atomic E-state index is -0.586. The summed E-state index contributed by atoms with van der Waals surface area (Å²) in [4.78, 5) is 13.0. The van der Waals surface area contributed by atoms with Crippen molar-refractivity contribution in [1.29, 1.82) is 0 Å². The number of aliphatic hydroxyl groups is 1. The van der Waals surface area contributed by atoms with Crippen LogP contribution in [0, 0.1) is 0 Å². The third-order valence-corrected chi connectivity index (χ3v) is 5.82. The lowest BCUT2D eigenvalue weighted by Gasteiger charge is -2.30. The lowest BCUT2D eigenvalue weighted by Crippen LogP contribution is -2.23. The zero-order valence-electron chi connectivity index (χ0n) is 16.5. The Balaban J connectivity index is 2.05. The molecule has 2 atom stereocenters. The second-order valence-corrected chi connectivity index (χ2v) is 8.04. The standard InChI is InChI=1S/C23H25BrO5/c1-28-19-13-20(29-2)22(18(26)11-10-14-6-5-7-15(24)12-14)23(27)21(19)16-8-3-4-9-17(16)25/h5-7,10-13,16-17,25,27H,3-4,8-9H2,1-2H3. The summed E-state index contributed by atoms with van der Waals surface area (Å²) in [7, 11) is 2.94. The number of halogens is 1. The van der Waals surface area contributed by atoms with Crippen LogP contribution in [0.1, 0.15) is 53.1 Å². The molecule has 5 nitrogen and oxygen atoms in total. The summed E-state index contributed by atoms with van der Waals surface area (Å²) in [6.45, 7) is 0. The highest BCUT2D eigenvalue weighted by molar-refractivity contribution is 9.10. The summed E-state index contributed by atoms with van der Waals surface area (Å²) in [5.41, 5.74) is 1.40. The van der Waals surface area contributed by atoms with Gasteiger partial charge in [0.25, 0.3) is 0 Å². The van der Waals surface area contributed by atoms with Crippen molar-refractivity contribution in [2.24, 2.45) is 0 Å². The molecular formula is C23H25BrO5. The van der Waals surface area contributed by atoms with E-state index >= 15 is 0 Å². The van der Waals surface area contributed by atoms with Crippen LogP contribution >= 0.6 is 15.9 Å². The molecule has 0 aliphatic heterocycles. The Hall–Kier alpha value is -2.31. The fraction of sp³-hybridized carbons (Fsp3) is 0.348. The van der Waals surface area contributed by atoms with Gasteiger partial charge in [0.15, 0.2) is 5.78 Å². The molecule has 2 aromatic carbocycles. The van der Waals surface area contributed by atoms with Crippen LogP contribution in [-0.2, 0) is 0 Å². The number of hydrogen-bond donors (Lipinski definition) is 2. The van der Waals surface area contributed by atoms with Crippen molar-refractivity contribution in [3.8, 4) is 17.2 Å². The van der Waals surface area contributed by atoms with Crippen molar-refractivity contribution in [3.63, 3.8) is 0 Å². The molecule has 0 aromatic heterocycles. The lowest BCUT2D eigenvalue weighted by molar-refractivity contribution is 0.101. The van der Waals surface area contributed by atoms with Crippen LogP contribution in [-0.4, -0.2) is 36.3 Å². The van der Waals surface area contributed by atoms with Gasteiger partial charge < -0.3 is 19.7 Å². The van der Waals surface area contributed by atoms with Crippen LogP contribution in [0.15, 0.2) is 40.9 Å². The number of phenolic OH excluding ortho intramolecular Hbond substituents is 1. The van der Waals surface area contributed by atoms with Gasteiger partial charge in [0.1, 0.15) is 22.8 Å². The zero-order valence-corrected chi connectivity index (χ0v) is 18.1. The van der Waals surface area contributed by atoms with Gasteiger partial charge >= 0.3 is 0 Å². The molecule has 154 valence electrons. The molecule has 0 bridgehead atoms. The quantitative estimate of drug-likeness (QED) is 0.463. The SMILES string of the molecule is COc1cc(OC)c(C2CCCCC2O)c(O)c1C(=O)C=Cc1cccc(Br)c1. The van der Waals surface area contributed by atoms with Crippen molar-refractivity contribution in [2.75, 3.05) is 14.2 Å². The van der Waals surface area contributed by atoms with E-state index in [0.29, 0.717) is 17.7 Å². The molecule has 3 rings (SSSR count). The van der Waals surface area contributed by atoms with E-state index in [9.17, 15) is 15.0 Å². The lowest BCUT2D eigenvalue weighted by atomic mass is 9.80. The molecule has 1 saturated carbocycles. The van der Waals surface area contributed by atoms with Crippen LogP contribution < -0.4 is 9.47 Å². The van der Waals surface area contributed by atoms with Gasteiger partial charge in [0.2, 0.25) is 0 Å². The molecule has 0 spiro atoms. The molecule has 0 heterocycles. The number of ketones is 1. The van der Waals surface area contributed by atoms with Crippen LogP contribution in [0.25, 0.3) is 6.08 Å². The zero-order chi connectivity index (χ0) is 21.0. The van der Waals surface area contributed by atoms with Gasteiger partial charge in [0.05, 0.1) is 20.3 Å². The van der Waals surface area contributed by atoms with E-state index in [0.717, 1.165) is 29.3 Å². The number of aromatic hydroxyl groups is 1. The van der Waals surface area contributed by atoms with Crippen LogP contribution in [0.2, 0.25) is 0 Å². The normalized spacial score (nSPS) is 19.3. The first-order chi connectivity index (χ1) is 14.0. The maximum Gasteiger partial charge on any atom is 0.193 e. The summed E-state index contributed by atoms with van der Waals surface area (Å²) >= 11 is 3.41. The molecule has 1 aliphatic rings. The van der Waals surface area contributed by atoms with Crippen LogP contribution in [0.5, 0.6) is 17.2 Å². The first kappa shape index (κ1) is 21.4. The fourth-order valence-electron chi connectivity index (χ4n) is 3.88. The number of aliphatic hydroxyl groups excluding tert-OH is 1. The van der Waals surface area contributed by atoms with Gasteiger partial charge in [-0.05, 0) is 36.6 Å². The average molecular weight is 461 g/mol. The highest BCUT2D eigenvalue weighted by Gasteiger charge is 2.33. The first-order valence-electron chi connectivity index (χ1n) is 9.60.